The molecule has 0 spiro atoms. The van der Waals surface area contributed by atoms with Gasteiger partial charge in [0.15, 0.2) is 0 Å². The molecule has 5 aromatic rings. The van der Waals surface area contributed by atoms with Gasteiger partial charge in [-0.2, -0.15) is 0 Å². The Hall–Kier alpha value is -3.71. The van der Waals surface area contributed by atoms with Crippen molar-refractivity contribution in [2.45, 2.75) is 50.4 Å². The highest BCUT2D eigenvalue weighted by Gasteiger charge is 2.42. The Morgan fingerprint density at radius 2 is 1.62 bits per heavy atom. The fourth-order valence-electron chi connectivity index (χ4n) is 7.24. The molecule has 5 aromatic carbocycles. The summed E-state index contributed by atoms with van der Waals surface area (Å²) in [4.78, 5) is 0. The molecule has 2 unspecified atom stereocenters. The average molecular weight is 483 g/mol. The monoisotopic (exact) mass is 482 g/mol. The molecule has 2 aliphatic carbocycles. The van der Waals surface area contributed by atoms with Gasteiger partial charge in [-0.3, -0.25) is 0 Å². The zero-order chi connectivity index (χ0) is 25.0. The van der Waals surface area contributed by atoms with Crippen molar-refractivity contribution in [2.75, 3.05) is 0 Å². The van der Waals surface area contributed by atoms with Gasteiger partial charge in [-0.15, -0.1) is 0 Å². The third-order valence-electron chi connectivity index (χ3n) is 9.05. The van der Waals surface area contributed by atoms with Crippen molar-refractivity contribution in [3.63, 3.8) is 0 Å². The Morgan fingerprint density at radius 3 is 2.51 bits per heavy atom. The van der Waals surface area contributed by atoms with E-state index < -0.39 is 0 Å². The van der Waals surface area contributed by atoms with Crippen LogP contribution in [0.25, 0.3) is 21.9 Å². The van der Waals surface area contributed by atoms with Gasteiger partial charge in [-0.05, 0) is 94.0 Å². The van der Waals surface area contributed by atoms with E-state index in [2.05, 4.69) is 85.8 Å². The van der Waals surface area contributed by atoms with Gasteiger partial charge in [0.25, 0.3) is 0 Å². The van der Waals surface area contributed by atoms with Crippen LogP contribution in [0.15, 0.2) is 103 Å². The second-order valence-electron chi connectivity index (χ2n) is 11.1. The Morgan fingerprint density at radius 1 is 0.784 bits per heavy atom. The summed E-state index contributed by atoms with van der Waals surface area (Å²) in [6.07, 6.45) is 5.40. The van der Waals surface area contributed by atoms with Crippen molar-refractivity contribution < 1.29 is 4.39 Å². The van der Waals surface area contributed by atoms with Crippen molar-refractivity contribution in [1.82, 2.24) is 0 Å². The molecule has 0 nitrogen and oxygen atoms in total. The molecular weight excluding hydrogens is 451 g/mol. The van der Waals surface area contributed by atoms with Gasteiger partial charge in [0, 0.05) is 10.8 Å². The SMILES string of the molecule is CC1CCC(Cc2ccccc2)(c2ccc3c(F)cccc3c2)c2ccc3c(c21)CCc1ccccc1-3. The van der Waals surface area contributed by atoms with E-state index in [0.29, 0.717) is 11.3 Å². The lowest BCUT2D eigenvalue weighted by Gasteiger charge is -2.44. The second kappa shape index (κ2) is 8.70. The fraction of sp³-hybridized carbons (Fsp3) is 0.222. The average Bonchev–Trinajstić information content (AvgIpc) is 2.94. The van der Waals surface area contributed by atoms with Crippen LogP contribution in [-0.2, 0) is 24.7 Å². The molecule has 0 aliphatic heterocycles. The summed E-state index contributed by atoms with van der Waals surface area (Å²) in [6.45, 7) is 2.42. The van der Waals surface area contributed by atoms with Crippen LogP contribution in [-0.4, -0.2) is 0 Å². The lowest BCUT2D eigenvalue weighted by Crippen LogP contribution is -2.36. The lowest BCUT2D eigenvalue weighted by molar-refractivity contribution is 0.395. The molecule has 2 aliphatic rings. The number of rotatable bonds is 3. The highest BCUT2D eigenvalue weighted by atomic mass is 19.1. The van der Waals surface area contributed by atoms with E-state index in [4.69, 9.17) is 0 Å². The van der Waals surface area contributed by atoms with Gasteiger partial charge in [-0.25, -0.2) is 4.39 Å². The van der Waals surface area contributed by atoms with Crippen molar-refractivity contribution in [3.05, 3.63) is 142 Å². The molecular formula is C36H31F. The summed E-state index contributed by atoms with van der Waals surface area (Å²) < 4.78 is 14.6. The smallest absolute Gasteiger partial charge is 0.131 e. The summed E-state index contributed by atoms with van der Waals surface area (Å²) in [6, 6.07) is 36.6. The van der Waals surface area contributed by atoms with Gasteiger partial charge in [0.2, 0.25) is 0 Å². The van der Waals surface area contributed by atoms with Crippen LogP contribution in [0.5, 0.6) is 0 Å². The number of halogens is 1. The highest BCUT2D eigenvalue weighted by molar-refractivity contribution is 5.84. The van der Waals surface area contributed by atoms with Crippen LogP contribution in [0.1, 0.15) is 59.1 Å². The molecule has 0 radical (unpaired) electrons. The molecule has 0 amide bonds. The van der Waals surface area contributed by atoms with E-state index in [-0.39, 0.29) is 11.2 Å². The van der Waals surface area contributed by atoms with Gasteiger partial charge in [0.05, 0.1) is 0 Å². The molecule has 182 valence electrons. The quantitative estimate of drug-likeness (QED) is 0.240. The van der Waals surface area contributed by atoms with Crippen LogP contribution in [0.4, 0.5) is 4.39 Å². The first kappa shape index (κ1) is 22.5. The summed E-state index contributed by atoms with van der Waals surface area (Å²) in [5.41, 5.74) is 11.4. The molecule has 37 heavy (non-hydrogen) atoms. The summed E-state index contributed by atoms with van der Waals surface area (Å²) in [7, 11) is 0. The number of hydrogen-bond acceptors (Lipinski definition) is 0. The van der Waals surface area contributed by atoms with Gasteiger partial charge < -0.3 is 0 Å². The van der Waals surface area contributed by atoms with Crippen molar-refractivity contribution in [3.8, 4) is 11.1 Å². The fourth-order valence-corrected chi connectivity index (χ4v) is 7.24. The normalized spacial score (nSPS) is 20.2. The third-order valence-corrected chi connectivity index (χ3v) is 9.05. The van der Waals surface area contributed by atoms with Crippen LogP contribution < -0.4 is 0 Å². The molecule has 0 N–H and O–H groups in total. The van der Waals surface area contributed by atoms with Crippen LogP contribution in [0, 0.1) is 5.82 Å². The van der Waals surface area contributed by atoms with E-state index >= 15 is 0 Å². The van der Waals surface area contributed by atoms with Gasteiger partial charge in [0.1, 0.15) is 5.82 Å². The third kappa shape index (κ3) is 3.55. The topological polar surface area (TPSA) is 0 Å². The molecule has 0 heterocycles. The second-order valence-corrected chi connectivity index (χ2v) is 11.1. The van der Waals surface area contributed by atoms with E-state index in [9.17, 15) is 4.39 Å². The van der Waals surface area contributed by atoms with Crippen LogP contribution in [0.3, 0.4) is 0 Å². The maximum Gasteiger partial charge on any atom is 0.131 e. The van der Waals surface area contributed by atoms with Crippen molar-refractivity contribution in [1.29, 1.82) is 0 Å². The first-order valence-electron chi connectivity index (χ1n) is 13.6. The molecule has 0 fully saturated rings. The van der Waals surface area contributed by atoms with Crippen LogP contribution in [0.2, 0.25) is 0 Å². The predicted molar refractivity (Wildman–Crippen MR) is 152 cm³/mol. The Labute approximate surface area is 218 Å². The standard InChI is InChI=1S/C36H31F/c1-24-20-21-36(23-25-8-3-2-4-9-25,28-15-17-30-27(22-28)11-7-13-34(30)37)33-19-18-31-29-12-6-5-10-26(29)14-16-32(31)35(24)33/h2-13,15,17-19,22,24H,14,16,20-21,23H2,1H3. The molecule has 1 heteroatoms. The summed E-state index contributed by atoms with van der Waals surface area (Å²) in [5.74, 6) is 0.378. The minimum atomic E-state index is -0.147. The Balaban J connectivity index is 1.49. The zero-order valence-electron chi connectivity index (χ0n) is 21.3. The van der Waals surface area contributed by atoms with E-state index in [1.165, 1.54) is 33.4 Å². The molecule has 2 atom stereocenters. The molecule has 0 saturated carbocycles. The first-order chi connectivity index (χ1) is 18.1. The minimum absolute atomic E-state index is 0.143. The number of hydrogen-bond donors (Lipinski definition) is 0. The Kier molecular flexibility index (Phi) is 5.29. The first-order valence-corrected chi connectivity index (χ1v) is 13.6. The van der Waals surface area contributed by atoms with Crippen molar-refractivity contribution >= 4 is 10.8 Å². The number of fused-ring (bicyclic) bond motifs is 6. The van der Waals surface area contributed by atoms with Crippen molar-refractivity contribution in [2.24, 2.45) is 0 Å². The lowest BCUT2D eigenvalue weighted by atomic mass is 9.59. The molecule has 0 aromatic heterocycles. The largest absolute Gasteiger partial charge is 0.206 e. The number of benzene rings is 5. The van der Waals surface area contributed by atoms with E-state index in [0.717, 1.165) is 37.5 Å². The van der Waals surface area contributed by atoms with E-state index in [1.54, 1.807) is 17.2 Å². The van der Waals surface area contributed by atoms with Gasteiger partial charge in [-0.1, -0.05) is 104 Å². The minimum Gasteiger partial charge on any atom is -0.206 e. The van der Waals surface area contributed by atoms with Gasteiger partial charge >= 0.3 is 0 Å². The molecule has 0 bridgehead atoms. The maximum absolute atomic E-state index is 14.6. The summed E-state index contributed by atoms with van der Waals surface area (Å²) in [5, 5.41) is 1.68. The maximum atomic E-state index is 14.6. The predicted octanol–water partition coefficient (Wildman–Crippen LogP) is 9.17. The zero-order valence-corrected chi connectivity index (χ0v) is 21.3. The molecule has 7 rings (SSSR count). The number of aryl methyl sites for hydroxylation is 1. The molecule has 0 saturated heterocycles. The van der Waals surface area contributed by atoms with E-state index in [1.807, 2.05) is 18.2 Å². The van der Waals surface area contributed by atoms with Crippen LogP contribution >= 0.6 is 0 Å². The summed E-state index contributed by atoms with van der Waals surface area (Å²) >= 11 is 0. The Bertz CT molecular complexity index is 1630. The highest BCUT2D eigenvalue weighted by Crippen LogP contribution is 2.52.